The van der Waals surface area contributed by atoms with Gasteiger partial charge in [-0.1, -0.05) is 18.2 Å². The zero-order valence-electron chi connectivity index (χ0n) is 15.7. The number of nitrogens with one attached hydrogen (secondary N) is 1. The van der Waals surface area contributed by atoms with E-state index in [0.717, 1.165) is 22.1 Å². The van der Waals surface area contributed by atoms with Gasteiger partial charge in [0.2, 0.25) is 11.8 Å². The molecule has 1 aromatic heterocycles. The predicted molar refractivity (Wildman–Crippen MR) is 111 cm³/mol. The van der Waals surface area contributed by atoms with Gasteiger partial charge in [0.15, 0.2) is 11.5 Å². The molecule has 3 aromatic rings. The van der Waals surface area contributed by atoms with E-state index in [1.54, 1.807) is 22.3 Å². The summed E-state index contributed by atoms with van der Waals surface area (Å²) in [5.41, 5.74) is 2.73. The number of hydrogen-bond acceptors (Lipinski definition) is 5. The van der Waals surface area contributed by atoms with E-state index in [4.69, 9.17) is 4.74 Å². The molecule has 3 heterocycles. The molecule has 0 radical (unpaired) electrons. The van der Waals surface area contributed by atoms with E-state index in [-0.39, 0.29) is 29.9 Å². The van der Waals surface area contributed by atoms with Crippen LogP contribution in [0.3, 0.4) is 0 Å². The number of carbonyl (C=O) groups is 2. The number of phenolic OH excluding ortho intramolecular Hbond substituents is 1. The van der Waals surface area contributed by atoms with E-state index >= 15 is 0 Å². The Labute approximate surface area is 171 Å². The molecule has 2 aliphatic heterocycles. The average molecular weight is 408 g/mol. The van der Waals surface area contributed by atoms with Crippen molar-refractivity contribution in [2.45, 2.75) is 13.0 Å². The van der Waals surface area contributed by atoms with E-state index in [2.05, 4.69) is 22.8 Å². The maximum Gasteiger partial charge on any atom is 0.228 e. The lowest BCUT2D eigenvalue weighted by Gasteiger charge is -2.22. The zero-order valence-corrected chi connectivity index (χ0v) is 16.5. The maximum absolute atomic E-state index is 12.9. The SMILES string of the molecule is O=C1C[C@@H](C(=O)N2CCOc3c(O)cc(-c4csc5ccccc45)cc3C2)CN1. The van der Waals surface area contributed by atoms with Crippen LogP contribution in [0.25, 0.3) is 21.2 Å². The first kappa shape index (κ1) is 18.0. The lowest BCUT2D eigenvalue weighted by molar-refractivity contribution is -0.136. The number of fused-ring (bicyclic) bond motifs is 2. The van der Waals surface area contributed by atoms with Crippen LogP contribution in [0.4, 0.5) is 0 Å². The zero-order chi connectivity index (χ0) is 20.0. The van der Waals surface area contributed by atoms with E-state index < -0.39 is 0 Å². The molecule has 2 aliphatic rings. The van der Waals surface area contributed by atoms with E-state index in [0.29, 0.717) is 32.0 Å². The van der Waals surface area contributed by atoms with Crippen molar-refractivity contribution in [1.29, 1.82) is 0 Å². The molecular formula is C22H20N2O4S. The van der Waals surface area contributed by atoms with Crippen LogP contribution >= 0.6 is 11.3 Å². The standard InChI is InChI=1S/C22H20N2O4S/c25-18-8-13(17-12-29-19-4-2-1-3-16(17)19)7-15-11-24(5-6-28-21(15)18)22(27)14-9-20(26)23-10-14/h1-4,7-8,12,14,25H,5-6,9-11H2,(H,23,26)/t14-/m1/s1. The quantitative estimate of drug-likeness (QED) is 0.683. The van der Waals surface area contributed by atoms with Gasteiger partial charge in [-0.15, -0.1) is 11.3 Å². The van der Waals surface area contributed by atoms with E-state index in [1.807, 2.05) is 18.2 Å². The van der Waals surface area contributed by atoms with Crippen LogP contribution in [-0.4, -0.2) is 41.5 Å². The number of rotatable bonds is 2. The Hall–Kier alpha value is -3.06. The summed E-state index contributed by atoms with van der Waals surface area (Å²) >= 11 is 1.66. The summed E-state index contributed by atoms with van der Waals surface area (Å²) in [6.07, 6.45) is 0.231. The lowest BCUT2D eigenvalue weighted by atomic mass is 10.0. The molecule has 0 unspecified atom stereocenters. The third kappa shape index (κ3) is 3.21. The first-order chi connectivity index (χ1) is 14.1. The Bertz CT molecular complexity index is 1120. The second kappa shape index (κ2) is 7.08. The van der Waals surface area contributed by atoms with Crippen molar-refractivity contribution >= 4 is 33.2 Å². The highest BCUT2D eigenvalue weighted by molar-refractivity contribution is 7.17. The molecule has 0 spiro atoms. The Morgan fingerprint density at radius 1 is 1.28 bits per heavy atom. The largest absolute Gasteiger partial charge is 0.504 e. The molecule has 29 heavy (non-hydrogen) atoms. The second-order valence-corrected chi connectivity index (χ2v) is 8.35. The summed E-state index contributed by atoms with van der Waals surface area (Å²) in [6.45, 7) is 1.46. The van der Waals surface area contributed by atoms with Crippen LogP contribution < -0.4 is 10.1 Å². The molecule has 2 N–H and O–H groups in total. The molecule has 1 fully saturated rings. The Morgan fingerprint density at radius 3 is 2.97 bits per heavy atom. The molecule has 2 aromatic carbocycles. The molecule has 6 nitrogen and oxygen atoms in total. The van der Waals surface area contributed by atoms with Crippen LogP contribution in [0.15, 0.2) is 41.8 Å². The summed E-state index contributed by atoms with van der Waals surface area (Å²) < 4.78 is 6.96. The molecule has 1 saturated heterocycles. The van der Waals surface area contributed by atoms with Crippen LogP contribution in [0.2, 0.25) is 0 Å². The molecule has 0 saturated carbocycles. The van der Waals surface area contributed by atoms with Gasteiger partial charge in [0.1, 0.15) is 6.61 Å². The van der Waals surface area contributed by atoms with Crippen molar-refractivity contribution in [2.24, 2.45) is 5.92 Å². The minimum absolute atomic E-state index is 0.0503. The van der Waals surface area contributed by atoms with E-state index in [1.165, 1.54) is 4.70 Å². The fourth-order valence-corrected chi connectivity index (χ4v) is 5.05. The normalized spacial score (nSPS) is 18.8. The molecule has 148 valence electrons. The minimum atomic E-state index is -0.332. The number of carbonyl (C=O) groups excluding carboxylic acids is 2. The van der Waals surface area contributed by atoms with Crippen LogP contribution in [0.5, 0.6) is 11.5 Å². The molecule has 0 bridgehead atoms. The smallest absolute Gasteiger partial charge is 0.228 e. The highest BCUT2D eigenvalue weighted by Crippen LogP contribution is 2.41. The topological polar surface area (TPSA) is 78.9 Å². The molecule has 1 atom stereocenters. The molecular weight excluding hydrogens is 388 g/mol. The summed E-state index contributed by atoms with van der Waals surface area (Å²) in [5.74, 6) is 0.0513. The monoisotopic (exact) mass is 408 g/mol. The third-order valence-electron chi connectivity index (χ3n) is 5.55. The highest BCUT2D eigenvalue weighted by atomic mass is 32.1. The van der Waals surface area contributed by atoms with Gasteiger partial charge >= 0.3 is 0 Å². The number of aromatic hydroxyl groups is 1. The molecule has 5 rings (SSSR count). The van der Waals surface area contributed by atoms with Gasteiger partial charge in [0.05, 0.1) is 12.5 Å². The van der Waals surface area contributed by atoms with Crippen molar-refractivity contribution in [3.8, 4) is 22.6 Å². The van der Waals surface area contributed by atoms with Gasteiger partial charge in [-0.25, -0.2) is 0 Å². The summed E-state index contributed by atoms with van der Waals surface area (Å²) in [5, 5.41) is 16.6. The maximum atomic E-state index is 12.9. The Morgan fingerprint density at radius 2 is 2.14 bits per heavy atom. The van der Waals surface area contributed by atoms with Crippen molar-refractivity contribution in [3.05, 3.63) is 47.3 Å². The summed E-state index contributed by atoms with van der Waals surface area (Å²) in [6, 6.07) is 11.9. The molecule has 2 amide bonds. The number of hydrogen-bond donors (Lipinski definition) is 2. The van der Waals surface area contributed by atoms with Gasteiger partial charge in [0.25, 0.3) is 0 Å². The fraction of sp³-hybridized carbons (Fsp3) is 0.273. The van der Waals surface area contributed by atoms with Gasteiger partial charge < -0.3 is 20.1 Å². The van der Waals surface area contributed by atoms with Crippen molar-refractivity contribution in [2.75, 3.05) is 19.7 Å². The predicted octanol–water partition coefficient (Wildman–Crippen LogP) is 3.13. The second-order valence-electron chi connectivity index (χ2n) is 7.44. The fourth-order valence-electron chi connectivity index (χ4n) is 4.08. The third-order valence-corrected chi connectivity index (χ3v) is 6.51. The number of phenols is 1. The minimum Gasteiger partial charge on any atom is -0.504 e. The number of thiophene rings is 1. The summed E-state index contributed by atoms with van der Waals surface area (Å²) in [4.78, 5) is 26.1. The molecule has 7 heteroatoms. The van der Waals surface area contributed by atoms with Gasteiger partial charge in [-0.2, -0.15) is 0 Å². The first-order valence-electron chi connectivity index (χ1n) is 9.61. The Balaban J connectivity index is 1.50. The molecule has 0 aliphatic carbocycles. The number of benzene rings is 2. The number of amides is 2. The summed E-state index contributed by atoms with van der Waals surface area (Å²) in [7, 11) is 0. The Kier molecular flexibility index (Phi) is 4.39. The first-order valence-corrected chi connectivity index (χ1v) is 10.5. The van der Waals surface area contributed by atoms with Crippen molar-refractivity contribution in [1.82, 2.24) is 10.2 Å². The average Bonchev–Trinajstić information content (AvgIpc) is 3.28. The lowest BCUT2D eigenvalue weighted by Crippen LogP contribution is -2.37. The van der Waals surface area contributed by atoms with E-state index in [9.17, 15) is 14.7 Å². The van der Waals surface area contributed by atoms with Crippen molar-refractivity contribution in [3.63, 3.8) is 0 Å². The van der Waals surface area contributed by atoms with Gasteiger partial charge in [-0.3, -0.25) is 9.59 Å². The van der Waals surface area contributed by atoms with Crippen LogP contribution in [0, 0.1) is 5.92 Å². The van der Waals surface area contributed by atoms with Gasteiger partial charge in [-0.05, 0) is 29.1 Å². The number of nitrogens with zero attached hydrogens (tertiary/aromatic N) is 1. The van der Waals surface area contributed by atoms with Crippen LogP contribution in [0.1, 0.15) is 12.0 Å². The van der Waals surface area contributed by atoms with Gasteiger partial charge in [0, 0.05) is 40.7 Å². The van der Waals surface area contributed by atoms with Crippen LogP contribution in [-0.2, 0) is 16.1 Å². The highest BCUT2D eigenvalue weighted by Gasteiger charge is 2.33. The van der Waals surface area contributed by atoms with Crippen molar-refractivity contribution < 1.29 is 19.4 Å². The number of ether oxygens (including phenoxy) is 1.